The van der Waals surface area contributed by atoms with Crippen molar-refractivity contribution in [2.24, 2.45) is 5.92 Å². The molecule has 2 N–H and O–H groups in total. The number of benzene rings is 2. The molecule has 0 spiro atoms. The Bertz CT molecular complexity index is 1190. The third kappa shape index (κ3) is 6.04. The second kappa shape index (κ2) is 11.4. The van der Waals surface area contributed by atoms with Crippen molar-refractivity contribution < 1.29 is 28.3 Å². The van der Waals surface area contributed by atoms with Gasteiger partial charge in [-0.2, -0.15) is 0 Å². The lowest BCUT2D eigenvalue weighted by atomic mass is 9.95. The lowest BCUT2D eigenvalue weighted by Gasteiger charge is -2.31. The standard InChI is InChI=1S/C27H29N3O6/c1-34-22-14-20(15-23(16-22)35-2)27(33)30-10-8-19(9-11-30)25(31)28-17-18-5-3-6-21(13-18)29-26(32)24-7-4-12-36-24/h3-7,12-16,19H,8-11,17H2,1-2H3,(H,28,31)(H,29,32). The van der Waals surface area contributed by atoms with Gasteiger partial charge in [-0.15, -0.1) is 0 Å². The average molecular weight is 492 g/mol. The third-order valence-electron chi connectivity index (χ3n) is 6.15. The van der Waals surface area contributed by atoms with Crippen LogP contribution in [0.4, 0.5) is 5.69 Å². The van der Waals surface area contributed by atoms with Crippen LogP contribution in [0.3, 0.4) is 0 Å². The topological polar surface area (TPSA) is 110 Å². The minimum atomic E-state index is -0.338. The maximum absolute atomic E-state index is 13.0. The van der Waals surface area contributed by atoms with Crippen LogP contribution in [0.1, 0.15) is 39.3 Å². The van der Waals surface area contributed by atoms with E-state index in [1.165, 1.54) is 6.26 Å². The smallest absolute Gasteiger partial charge is 0.291 e. The molecule has 3 amide bonds. The van der Waals surface area contributed by atoms with Gasteiger partial charge in [-0.05, 0) is 54.8 Å². The molecule has 2 heterocycles. The predicted molar refractivity (Wildman–Crippen MR) is 133 cm³/mol. The number of furan rings is 1. The summed E-state index contributed by atoms with van der Waals surface area (Å²) < 4.78 is 15.6. The Morgan fingerprint density at radius 1 is 0.972 bits per heavy atom. The van der Waals surface area contributed by atoms with Crippen molar-refractivity contribution in [3.8, 4) is 11.5 Å². The van der Waals surface area contributed by atoms with Crippen LogP contribution in [0.2, 0.25) is 0 Å². The Labute approximate surface area is 209 Å². The van der Waals surface area contributed by atoms with Crippen LogP contribution in [0, 0.1) is 5.92 Å². The number of carbonyl (C=O) groups excluding carboxylic acids is 3. The molecule has 9 nitrogen and oxygen atoms in total. The van der Waals surface area contributed by atoms with E-state index >= 15 is 0 Å². The van der Waals surface area contributed by atoms with Crippen LogP contribution in [-0.2, 0) is 11.3 Å². The van der Waals surface area contributed by atoms with E-state index in [2.05, 4.69) is 10.6 Å². The SMILES string of the molecule is COc1cc(OC)cc(C(=O)N2CCC(C(=O)NCc3cccc(NC(=O)c4ccco4)c3)CC2)c1. The van der Waals surface area contributed by atoms with Crippen LogP contribution in [0.5, 0.6) is 11.5 Å². The zero-order valence-electron chi connectivity index (χ0n) is 20.3. The molecular formula is C27H29N3O6. The molecule has 0 bridgehead atoms. The summed E-state index contributed by atoms with van der Waals surface area (Å²) in [6.45, 7) is 1.32. The molecule has 1 aliphatic rings. The van der Waals surface area contributed by atoms with E-state index in [-0.39, 0.29) is 29.4 Å². The molecule has 2 aromatic carbocycles. The lowest BCUT2D eigenvalue weighted by Crippen LogP contribution is -2.42. The fourth-order valence-corrected chi connectivity index (χ4v) is 4.15. The second-order valence-corrected chi connectivity index (χ2v) is 8.52. The number of ether oxygens (including phenoxy) is 2. The van der Waals surface area contributed by atoms with Crippen molar-refractivity contribution in [2.75, 3.05) is 32.6 Å². The lowest BCUT2D eigenvalue weighted by molar-refractivity contribution is -0.126. The molecule has 0 aliphatic carbocycles. The number of piperidine rings is 1. The molecule has 188 valence electrons. The van der Waals surface area contributed by atoms with Crippen molar-refractivity contribution in [3.63, 3.8) is 0 Å². The molecule has 36 heavy (non-hydrogen) atoms. The average Bonchev–Trinajstić information content (AvgIpc) is 3.47. The Balaban J connectivity index is 1.27. The molecule has 0 radical (unpaired) electrons. The third-order valence-corrected chi connectivity index (χ3v) is 6.15. The molecule has 1 aromatic heterocycles. The van der Waals surface area contributed by atoms with E-state index in [0.29, 0.717) is 55.2 Å². The fourth-order valence-electron chi connectivity index (χ4n) is 4.15. The maximum atomic E-state index is 13.0. The van der Waals surface area contributed by atoms with Crippen LogP contribution < -0.4 is 20.1 Å². The molecular weight excluding hydrogens is 462 g/mol. The molecule has 4 rings (SSSR count). The number of carbonyl (C=O) groups is 3. The van der Waals surface area contributed by atoms with Crippen molar-refractivity contribution >= 4 is 23.4 Å². The molecule has 1 aliphatic heterocycles. The van der Waals surface area contributed by atoms with E-state index in [1.807, 2.05) is 18.2 Å². The van der Waals surface area contributed by atoms with Gasteiger partial charge in [0.2, 0.25) is 5.91 Å². The number of amides is 3. The van der Waals surface area contributed by atoms with Crippen molar-refractivity contribution in [1.29, 1.82) is 0 Å². The summed E-state index contributed by atoms with van der Waals surface area (Å²) in [5, 5.41) is 5.76. The van der Waals surface area contributed by atoms with Gasteiger partial charge in [0, 0.05) is 42.9 Å². The molecule has 1 saturated heterocycles. The summed E-state index contributed by atoms with van der Waals surface area (Å²) in [5.74, 6) is 0.664. The highest BCUT2D eigenvalue weighted by Gasteiger charge is 2.28. The highest BCUT2D eigenvalue weighted by molar-refractivity contribution is 6.02. The number of methoxy groups -OCH3 is 2. The summed E-state index contributed by atoms with van der Waals surface area (Å²) in [6.07, 6.45) is 2.60. The monoisotopic (exact) mass is 491 g/mol. The predicted octanol–water partition coefficient (Wildman–Crippen LogP) is 3.72. The van der Waals surface area contributed by atoms with Crippen LogP contribution in [0.15, 0.2) is 65.3 Å². The number of nitrogens with zero attached hydrogens (tertiary/aromatic N) is 1. The molecule has 0 unspecified atom stereocenters. The van der Waals surface area contributed by atoms with Gasteiger partial charge < -0.3 is 29.4 Å². The number of nitrogens with one attached hydrogen (secondary N) is 2. The van der Waals surface area contributed by atoms with E-state index in [0.717, 1.165) is 5.56 Å². The van der Waals surface area contributed by atoms with E-state index in [4.69, 9.17) is 13.9 Å². The van der Waals surface area contributed by atoms with Crippen molar-refractivity contribution in [3.05, 3.63) is 77.7 Å². The fraction of sp³-hybridized carbons (Fsp3) is 0.296. The minimum Gasteiger partial charge on any atom is -0.497 e. The first-order valence-electron chi connectivity index (χ1n) is 11.7. The van der Waals surface area contributed by atoms with E-state index in [1.54, 1.807) is 55.5 Å². The Morgan fingerprint density at radius 2 is 1.69 bits per heavy atom. The highest BCUT2D eigenvalue weighted by atomic mass is 16.5. The highest BCUT2D eigenvalue weighted by Crippen LogP contribution is 2.25. The number of likely N-dealkylation sites (tertiary alicyclic amines) is 1. The summed E-state index contributed by atoms with van der Waals surface area (Å²) in [5.41, 5.74) is 1.97. The normalized spacial score (nSPS) is 13.7. The Morgan fingerprint density at radius 3 is 2.33 bits per heavy atom. The van der Waals surface area contributed by atoms with Crippen LogP contribution in [0.25, 0.3) is 0 Å². The van der Waals surface area contributed by atoms with E-state index < -0.39 is 0 Å². The van der Waals surface area contributed by atoms with Gasteiger partial charge in [-0.25, -0.2) is 0 Å². The van der Waals surface area contributed by atoms with Gasteiger partial charge in [0.05, 0.1) is 20.5 Å². The molecule has 0 saturated carbocycles. The molecule has 9 heteroatoms. The van der Waals surface area contributed by atoms with Gasteiger partial charge in [0.15, 0.2) is 5.76 Å². The largest absolute Gasteiger partial charge is 0.497 e. The van der Waals surface area contributed by atoms with Crippen LogP contribution in [-0.4, -0.2) is 49.9 Å². The summed E-state index contributed by atoms with van der Waals surface area (Å²) >= 11 is 0. The Kier molecular flexibility index (Phi) is 7.89. The van der Waals surface area contributed by atoms with Gasteiger partial charge in [0.25, 0.3) is 11.8 Å². The van der Waals surface area contributed by atoms with Gasteiger partial charge in [-0.1, -0.05) is 12.1 Å². The maximum Gasteiger partial charge on any atom is 0.291 e. The molecule has 0 atom stereocenters. The second-order valence-electron chi connectivity index (χ2n) is 8.52. The first-order valence-corrected chi connectivity index (χ1v) is 11.7. The zero-order valence-corrected chi connectivity index (χ0v) is 20.3. The van der Waals surface area contributed by atoms with Crippen LogP contribution >= 0.6 is 0 Å². The van der Waals surface area contributed by atoms with Crippen molar-refractivity contribution in [2.45, 2.75) is 19.4 Å². The summed E-state index contributed by atoms with van der Waals surface area (Å²) in [7, 11) is 3.08. The number of anilines is 1. The first kappa shape index (κ1) is 24.8. The van der Waals surface area contributed by atoms with Gasteiger partial charge in [0.1, 0.15) is 11.5 Å². The molecule has 3 aromatic rings. The van der Waals surface area contributed by atoms with Gasteiger partial charge >= 0.3 is 0 Å². The summed E-state index contributed by atoms with van der Waals surface area (Å²) in [4.78, 5) is 39.7. The zero-order chi connectivity index (χ0) is 25.5. The molecule has 1 fully saturated rings. The minimum absolute atomic E-state index is 0.0461. The number of rotatable bonds is 8. The van der Waals surface area contributed by atoms with E-state index in [9.17, 15) is 14.4 Å². The number of hydrogen-bond donors (Lipinski definition) is 2. The number of hydrogen-bond acceptors (Lipinski definition) is 6. The quantitative estimate of drug-likeness (QED) is 0.497. The van der Waals surface area contributed by atoms with Gasteiger partial charge in [-0.3, -0.25) is 14.4 Å². The summed E-state index contributed by atoms with van der Waals surface area (Å²) in [6, 6.07) is 15.6. The van der Waals surface area contributed by atoms with Crippen molar-refractivity contribution in [1.82, 2.24) is 10.2 Å². The first-order chi connectivity index (χ1) is 17.5. The Hall–Kier alpha value is -4.27.